The van der Waals surface area contributed by atoms with Crippen molar-refractivity contribution in [1.82, 2.24) is 0 Å². The lowest BCUT2D eigenvalue weighted by Crippen LogP contribution is -2.37. The molecule has 164 valence electrons. The van der Waals surface area contributed by atoms with E-state index in [1.54, 1.807) is 0 Å². The van der Waals surface area contributed by atoms with Crippen LogP contribution in [-0.2, 0) is 38.1 Å². The highest BCUT2D eigenvalue weighted by molar-refractivity contribution is 5.83. The summed E-state index contributed by atoms with van der Waals surface area (Å²) in [6.07, 6.45) is 0. The van der Waals surface area contributed by atoms with Gasteiger partial charge in [0.25, 0.3) is 5.69 Å². The zero-order valence-corrected chi connectivity index (χ0v) is 16.4. The number of carbonyl (C=O) groups is 4. The third-order valence-electron chi connectivity index (χ3n) is 3.32. The summed E-state index contributed by atoms with van der Waals surface area (Å²) in [6.45, 7) is -0.0369. The first-order valence-electron chi connectivity index (χ1n) is 8.29. The molecule has 0 saturated carbocycles. The van der Waals surface area contributed by atoms with E-state index in [-0.39, 0.29) is 17.1 Å². The number of anilines is 1. The summed E-state index contributed by atoms with van der Waals surface area (Å²) in [4.78, 5) is 57.0. The van der Waals surface area contributed by atoms with Gasteiger partial charge in [-0.25, -0.2) is 0 Å². The van der Waals surface area contributed by atoms with Gasteiger partial charge in [-0.2, -0.15) is 0 Å². The lowest BCUT2D eigenvalue weighted by molar-refractivity contribution is -0.384. The molecule has 30 heavy (non-hydrogen) atoms. The van der Waals surface area contributed by atoms with Crippen molar-refractivity contribution >= 4 is 35.3 Å². The number of nitrogens with zero attached hydrogens (tertiary/aromatic N) is 2. The largest absolute Gasteiger partial charge is 0.494 e. The molecule has 0 aliphatic carbocycles. The molecule has 0 heterocycles. The molecule has 0 fully saturated rings. The second kappa shape index (κ2) is 11.8. The molecular formula is C17H20N2O11. The maximum atomic E-state index is 12.0. The van der Waals surface area contributed by atoms with E-state index < -0.39 is 55.5 Å². The van der Waals surface area contributed by atoms with Gasteiger partial charge >= 0.3 is 23.9 Å². The number of ether oxygens (including phenoxy) is 5. The molecule has 0 amide bonds. The summed E-state index contributed by atoms with van der Waals surface area (Å²) in [5.41, 5.74) is -0.123. The van der Waals surface area contributed by atoms with Crippen molar-refractivity contribution in [3.63, 3.8) is 0 Å². The normalized spacial score (nSPS) is 9.83. The standard InChI is InChI=1S/C17H20N2O11/c1-11(20)27-9-29-16(22)7-18(8-17(23)30-10-28-12(2)21)14-5-4-13(19(24)25)6-15(14)26-3/h4-6H,7-10H2,1-3H3. The summed E-state index contributed by atoms with van der Waals surface area (Å²) in [6, 6.07) is 3.53. The SMILES string of the molecule is COc1cc([N+](=O)[O-])ccc1N(CC(=O)OCOC(C)=O)CC(=O)OCOC(C)=O. The number of hydrogen-bond donors (Lipinski definition) is 0. The van der Waals surface area contributed by atoms with E-state index in [0.29, 0.717) is 0 Å². The minimum atomic E-state index is -0.871. The molecule has 1 rings (SSSR count). The Morgan fingerprint density at radius 2 is 1.43 bits per heavy atom. The van der Waals surface area contributed by atoms with Crippen LogP contribution in [0.5, 0.6) is 5.75 Å². The van der Waals surface area contributed by atoms with E-state index in [0.717, 1.165) is 30.9 Å². The number of nitro benzene ring substituents is 1. The van der Waals surface area contributed by atoms with Gasteiger partial charge in [-0.3, -0.25) is 29.3 Å². The number of carbonyl (C=O) groups excluding carboxylic acids is 4. The van der Waals surface area contributed by atoms with Crippen molar-refractivity contribution in [2.75, 3.05) is 38.7 Å². The Labute approximate surface area is 170 Å². The lowest BCUT2D eigenvalue weighted by atomic mass is 10.2. The number of non-ortho nitro benzene ring substituents is 1. The third-order valence-corrected chi connectivity index (χ3v) is 3.32. The summed E-state index contributed by atoms with van der Waals surface area (Å²) in [7, 11) is 1.25. The van der Waals surface area contributed by atoms with Gasteiger partial charge in [-0.05, 0) is 6.07 Å². The Balaban J connectivity index is 3.00. The molecule has 13 nitrogen and oxygen atoms in total. The molecule has 0 aliphatic rings. The smallest absolute Gasteiger partial charge is 0.328 e. The van der Waals surface area contributed by atoms with E-state index in [1.165, 1.54) is 13.2 Å². The van der Waals surface area contributed by atoms with Gasteiger partial charge in [0.1, 0.15) is 18.8 Å². The molecule has 0 aliphatic heterocycles. The maximum Gasteiger partial charge on any atom is 0.328 e. The fourth-order valence-corrected chi connectivity index (χ4v) is 2.03. The molecule has 13 heteroatoms. The van der Waals surface area contributed by atoms with Gasteiger partial charge < -0.3 is 28.6 Å². The van der Waals surface area contributed by atoms with E-state index in [1.807, 2.05) is 0 Å². The summed E-state index contributed by atoms with van der Waals surface area (Å²) in [5, 5.41) is 11.0. The summed E-state index contributed by atoms with van der Waals surface area (Å²) >= 11 is 0. The van der Waals surface area contributed by atoms with Gasteiger partial charge in [0.05, 0.1) is 23.8 Å². The Bertz CT molecular complexity index is 775. The number of rotatable bonds is 11. The van der Waals surface area contributed by atoms with E-state index in [2.05, 4.69) is 9.47 Å². The minimum Gasteiger partial charge on any atom is -0.494 e. The highest BCUT2D eigenvalue weighted by atomic mass is 16.7. The van der Waals surface area contributed by atoms with Crippen LogP contribution in [-0.4, -0.2) is 62.6 Å². The van der Waals surface area contributed by atoms with Crippen molar-refractivity contribution < 1.29 is 47.8 Å². The lowest BCUT2D eigenvalue weighted by Gasteiger charge is -2.24. The number of hydrogen-bond acceptors (Lipinski definition) is 12. The fraction of sp³-hybridized carbons (Fsp3) is 0.412. The molecular weight excluding hydrogens is 408 g/mol. The highest BCUT2D eigenvalue weighted by Gasteiger charge is 2.22. The van der Waals surface area contributed by atoms with Gasteiger partial charge in [-0.1, -0.05) is 0 Å². The summed E-state index contributed by atoms with van der Waals surface area (Å²) in [5.74, 6) is -3.06. The second-order valence-electron chi connectivity index (χ2n) is 5.51. The van der Waals surface area contributed by atoms with Gasteiger partial charge in [0, 0.05) is 19.9 Å². The quantitative estimate of drug-likeness (QED) is 0.208. The van der Waals surface area contributed by atoms with E-state index in [9.17, 15) is 29.3 Å². The molecule has 0 saturated heterocycles. The van der Waals surface area contributed by atoms with E-state index in [4.69, 9.17) is 14.2 Å². The average molecular weight is 428 g/mol. The predicted molar refractivity (Wildman–Crippen MR) is 97.3 cm³/mol. The van der Waals surface area contributed by atoms with Crippen molar-refractivity contribution in [2.24, 2.45) is 0 Å². The Hall–Kier alpha value is -3.90. The molecule has 0 aromatic heterocycles. The molecule has 0 unspecified atom stereocenters. The van der Waals surface area contributed by atoms with Crippen LogP contribution in [0.1, 0.15) is 13.8 Å². The van der Waals surface area contributed by atoms with Crippen LogP contribution in [0.15, 0.2) is 18.2 Å². The predicted octanol–water partition coefficient (Wildman–Crippen LogP) is 0.537. The highest BCUT2D eigenvalue weighted by Crippen LogP contribution is 2.32. The Morgan fingerprint density at radius 1 is 0.933 bits per heavy atom. The number of esters is 4. The fourth-order valence-electron chi connectivity index (χ4n) is 2.03. The number of benzene rings is 1. The third kappa shape index (κ3) is 8.41. The molecule has 0 spiro atoms. The van der Waals surface area contributed by atoms with Crippen LogP contribution in [0.4, 0.5) is 11.4 Å². The van der Waals surface area contributed by atoms with Gasteiger partial charge in [0.15, 0.2) is 0 Å². The summed E-state index contributed by atoms with van der Waals surface area (Å²) < 4.78 is 23.6. The van der Waals surface area contributed by atoms with Gasteiger partial charge in [0.2, 0.25) is 13.6 Å². The number of nitro groups is 1. The number of methoxy groups -OCH3 is 1. The first-order chi connectivity index (χ1) is 14.1. The van der Waals surface area contributed by atoms with Crippen LogP contribution in [0, 0.1) is 10.1 Å². The zero-order valence-electron chi connectivity index (χ0n) is 16.4. The first-order valence-corrected chi connectivity index (χ1v) is 8.29. The molecule has 0 bridgehead atoms. The minimum absolute atomic E-state index is 0.00442. The van der Waals surface area contributed by atoms with Crippen molar-refractivity contribution in [3.05, 3.63) is 28.3 Å². The molecule has 0 N–H and O–H groups in total. The van der Waals surface area contributed by atoms with Gasteiger partial charge in [-0.15, -0.1) is 0 Å². The van der Waals surface area contributed by atoms with Crippen LogP contribution in [0.2, 0.25) is 0 Å². The van der Waals surface area contributed by atoms with Crippen LogP contribution < -0.4 is 9.64 Å². The van der Waals surface area contributed by atoms with Crippen LogP contribution >= 0.6 is 0 Å². The second-order valence-corrected chi connectivity index (χ2v) is 5.51. The van der Waals surface area contributed by atoms with Crippen molar-refractivity contribution in [3.8, 4) is 5.75 Å². The molecule has 1 aromatic rings. The van der Waals surface area contributed by atoms with Crippen molar-refractivity contribution in [2.45, 2.75) is 13.8 Å². The zero-order chi connectivity index (χ0) is 22.7. The molecule has 0 radical (unpaired) electrons. The maximum absolute atomic E-state index is 12.0. The van der Waals surface area contributed by atoms with Crippen molar-refractivity contribution in [1.29, 1.82) is 0 Å². The van der Waals surface area contributed by atoms with Crippen LogP contribution in [0.3, 0.4) is 0 Å². The Kier molecular flexibility index (Phi) is 9.52. The van der Waals surface area contributed by atoms with E-state index >= 15 is 0 Å². The molecule has 1 aromatic carbocycles. The van der Waals surface area contributed by atoms with Crippen LogP contribution in [0.25, 0.3) is 0 Å². The topological polar surface area (TPSA) is 161 Å². The first kappa shape index (κ1) is 24.1. The monoisotopic (exact) mass is 428 g/mol. The molecule has 0 atom stereocenters. The average Bonchev–Trinajstić information content (AvgIpc) is 2.66. The Morgan fingerprint density at radius 3 is 1.83 bits per heavy atom.